The average Bonchev–Trinajstić information content (AvgIpc) is 3.62. The first-order chi connectivity index (χ1) is 18.9. The van der Waals surface area contributed by atoms with E-state index in [4.69, 9.17) is 9.26 Å². The Kier molecular flexibility index (Phi) is 6.56. The fraction of sp³-hybridized carbons (Fsp3) is 0.323. The predicted molar refractivity (Wildman–Crippen MR) is 153 cm³/mol. The molecule has 1 amide bonds. The minimum absolute atomic E-state index is 0.0163. The van der Waals surface area contributed by atoms with Crippen LogP contribution in [0.1, 0.15) is 35.3 Å². The molecule has 0 bridgehead atoms. The number of aryl methyl sites for hydroxylation is 1. The summed E-state index contributed by atoms with van der Waals surface area (Å²) in [5.74, 6) is 1.45. The largest absolute Gasteiger partial charge is 0.495 e. The van der Waals surface area contributed by atoms with Gasteiger partial charge in [0.25, 0.3) is 5.91 Å². The molecule has 4 aromatic rings. The summed E-state index contributed by atoms with van der Waals surface area (Å²) in [6, 6.07) is 19.0. The van der Waals surface area contributed by atoms with Crippen molar-refractivity contribution < 1.29 is 14.1 Å². The zero-order valence-corrected chi connectivity index (χ0v) is 22.8. The van der Waals surface area contributed by atoms with E-state index in [-0.39, 0.29) is 5.91 Å². The Morgan fingerprint density at radius 2 is 1.74 bits per heavy atom. The molecule has 3 aromatic carbocycles. The molecule has 0 saturated carbocycles. The maximum absolute atomic E-state index is 13.7. The smallest absolute Gasteiger partial charge is 0.258 e. The van der Waals surface area contributed by atoms with Crippen molar-refractivity contribution in [1.82, 2.24) is 15.5 Å². The molecule has 8 heteroatoms. The Morgan fingerprint density at radius 3 is 2.41 bits per heavy atom. The summed E-state index contributed by atoms with van der Waals surface area (Å²) >= 11 is 0. The monoisotopic (exact) mass is 523 g/mol. The zero-order valence-electron chi connectivity index (χ0n) is 22.8. The van der Waals surface area contributed by atoms with E-state index in [1.165, 1.54) is 6.39 Å². The summed E-state index contributed by atoms with van der Waals surface area (Å²) in [5.41, 5.74) is 8.01. The van der Waals surface area contributed by atoms with Gasteiger partial charge in [-0.1, -0.05) is 29.4 Å². The molecule has 0 radical (unpaired) electrons. The molecule has 2 aliphatic heterocycles. The van der Waals surface area contributed by atoms with Crippen LogP contribution in [0, 0.1) is 6.92 Å². The van der Waals surface area contributed by atoms with Gasteiger partial charge in [0.1, 0.15) is 5.75 Å². The standard InChI is InChI=1S/C31H33N5O3/c1-19-13-25(30-32-18-39-34-30)9-10-26(19)22-5-7-23(8-6-22)31(37)36-12-11-24-14-29(38-4)28(15-27(24)36)35-16-20(2)33-21(3)17-35/h5-10,13-15,18,20-21,33H,11-12,16-17H2,1-4H3/t20-,21+. The minimum atomic E-state index is 0.0163. The molecule has 1 saturated heterocycles. The van der Waals surface area contributed by atoms with Gasteiger partial charge in [0, 0.05) is 48.5 Å². The van der Waals surface area contributed by atoms with E-state index in [0.29, 0.717) is 30.0 Å². The number of piperazine rings is 1. The molecule has 2 aliphatic rings. The third-order valence-electron chi connectivity index (χ3n) is 7.71. The van der Waals surface area contributed by atoms with E-state index in [0.717, 1.165) is 64.5 Å². The fourth-order valence-electron chi connectivity index (χ4n) is 5.92. The lowest BCUT2D eigenvalue weighted by molar-refractivity contribution is 0.0989. The van der Waals surface area contributed by atoms with Crippen molar-refractivity contribution >= 4 is 17.3 Å². The molecular formula is C31H33N5O3. The first-order valence-electron chi connectivity index (χ1n) is 13.4. The van der Waals surface area contributed by atoms with Gasteiger partial charge in [0.05, 0.1) is 12.8 Å². The minimum Gasteiger partial charge on any atom is -0.495 e. The Labute approximate surface area is 228 Å². The lowest BCUT2D eigenvalue weighted by Gasteiger charge is -2.38. The SMILES string of the molecule is COc1cc2c(cc1N1C[C@@H](C)N[C@@H](C)C1)N(C(=O)c1ccc(-c3ccc(-c4ncon4)cc3C)cc1)CC2. The second-order valence-corrected chi connectivity index (χ2v) is 10.6. The molecule has 39 heavy (non-hydrogen) atoms. The van der Waals surface area contributed by atoms with E-state index in [1.54, 1.807) is 7.11 Å². The molecule has 200 valence electrons. The number of hydrogen-bond acceptors (Lipinski definition) is 7. The summed E-state index contributed by atoms with van der Waals surface area (Å²) < 4.78 is 10.7. The molecule has 0 aliphatic carbocycles. The van der Waals surface area contributed by atoms with Gasteiger partial charge in [-0.15, -0.1) is 0 Å². The number of amides is 1. The van der Waals surface area contributed by atoms with E-state index in [1.807, 2.05) is 41.3 Å². The highest BCUT2D eigenvalue weighted by molar-refractivity contribution is 6.08. The number of benzene rings is 3. The number of rotatable bonds is 5. The third kappa shape index (κ3) is 4.76. The van der Waals surface area contributed by atoms with Crippen LogP contribution in [0.15, 0.2) is 65.5 Å². The number of aromatic nitrogens is 2. The topological polar surface area (TPSA) is 83.7 Å². The van der Waals surface area contributed by atoms with Crippen molar-refractivity contribution in [2.75, 3.05) is 36.5 Å². The summed E-state index contributed by atoms with van der Waals surface area (Å²) in [4.78, 5) is 22.1. The van der Waals surface area contributed by atoms with Gasteiger partial charge in [-0.3, -0.25) is 4.79 Å². The van der Waals surface area contributed by atoms with Crippen LogP contribution in [0.4, 0.5) is 11.4 Å². The molecule has 1 N–H and O–H groups in total. The quantitative estimate of drug-likeness (QED) is 0.389. The first-order valence-corrected chi connectivity index (χ1v) is 13.4. The number of methoxy groups -OCH3 is 1. The number of anilines is 2. The van der Waals surface area contributed by atoms with Crippen LogP contribution in [-0.4, -0.2) is 54.9 Å². The van der Waals surface area contributed by atoms with Crippen molar-refractivity contribution in [3.05, 3.63) is 77.7 Å². The van der Waals surface area contributed by atoms with Crippen LogP contribution in [0.3, 0.4) is 0 Å². The van der Waals surface area contributed by atoms with Crippen molar-refractivity contribution in [1.29, 1.82) is 0 Å². The van der Waals surface area contributed by atoms with Gasteiger partial charge in [-0.25, -0.2) is 0 Å². The van der Waals surface area contributed by atoms with Crippen molar-refractivity contribution in [3.63, 3.8) is 0 Å². The normalized spacial score (nSPS) is 18.8. The van der Waals surface area contributed by atoms with Gasteiger partial charge in [-0.2, -0.15) is 4.98 Å². The highest BCUT2D eigenvalue weighted by Gasteiger charge is 2.30. The van der Waals surface area contributed by atoms with Gasteiger partial charge in [0.15, 0.2) is 0 Å². The van der Waals surface area contributed by atoms with Crippen LogP contribution >= 0.6 is 0 Å². The molecule has 1 aromatic heterocycles. The first kappa shape index (κ1) is 25.1. The van der Waals surface area contributed by atoms with Crippen molar-refractivity contribution in [3.8, 4) is 28.3 Å². The molecule has 0 unspecified atom stereocenters. The summed E-state index contributed by atoms with van der Waals surface area (Å²) in [7, 11) is 1.72. The maximum atomic E-state index is 13.7. The van der Waals surface area contributed by atoms with Crippen LogP contribution < -0.4 is 19.9 Å². The van der Waals surface area contributed by atoms with E-state index in [2.05, 4.69) is 59.3 Å². The molecule has 8 nitrogen and oxygen atoms in total. The van der Waals surface area contributed by atoms with Crippen LogP contribution in [0.25, 0.3) is 22.5 Å². The molecule has 0 spiro atoms. The molecule has 3 heterocycles. The third-order valence-corrected chi connectivity index (χ3v) is 7.71. The molecule has 6 rings (SSSR count). The van der Waals surface area contributed by atoms with Crippen molar-refractivity contribution in [2.24, 2.45) is 0 Å². The van der Waals surface area contributed by atoms with Crippen LogP contribution in [0.5, 0.6) is 5.75 Å². The number of hydrogen-bond donors (Lipinski definition) is 1. The Balaban J connectivity index is 1.25. The average molecular weight is 524 g/mol. The highest BCUT2D eigenvalue weighted by atomic mass is 16.5. The van der Waals surface area contributed by atoms with E-state index in [9.17, 15) is 4.79 Å². The number of ether oxygens (including phenoxy) is 1. The van der Waals surface area contributed by atoms with E-state index < -0.39 is 0 Å². The second-order valence-electron chi connectivity index (χ2n) is 10.6. The molecule has 1 fully saturated rings. The number of fused-ring (bicyclic) bond motifs is 1. The van der Waals surface area contributed by atoms with Gasteiger partial charge in [0.2, 0.25) is 12.2 Å². The summed E-state index contributed by atoms with van der Waals surface area (Å²) in [6.45, 7) is 8.91. The van der Waals surface area contributed by atoms with Crippen molar-refractivity contribution in [2.45, 2.75) is 39.3 Å². The lowest BCUT2D eigenvalue weighted by Crippen LogP contribution is -2.54. The number of carbonyl (C=O) groups is 1. The number of nitrogens with one attached hydrogen (secondary N) is 1. The molecular weight excluding hydrogens is 490 g/mol. The summed E-state index contributed by atoms with van der Waals surface area (Å²) in [6.07, 6.45) is 2.15. The fourth-order valence-corrected chi connectivity index (χ4v) is 5.92. The second kappa shape index (κ2) is 10.2. The van der Waals surface area contributed by atoms with Crippen LogP contribution in [-0.2, 0) is 6.42 Å². The van der Waals surface area contributed by atoms with Gasteiger partial charge < -0.3 is 24.4 Å². The highest BCUT2D eigenvalue weighted by Crippen LogP contribution is 2.40. The van der Waals surface area contributed by atoms with Gasteiger partial charge in [-0.05, 0) is 79.8 Å². The van der Waals surface area contributed by atoms with Crippen LogP contribution in [0.2, 0.25) is 0 Å². The summed E-state index contributed by atoms with van der Waals surface area (Å²) in [5, 5.41) is 7.51. The predicted octanol–water partition coefficient (Wildman–Crippen LogP) is 5.11. The molecule has 2 atom stereocenters. The van der Waals surface area contributed by atoms with E-state index >= 15 is 0 Å². The lowest BCUT2D eigenvalue weighted by atomic mass is 9.97. The Morgan fingerprint density at radius 1 is 1.00 bits per heavy atom. The number of nitrogens with zero attached hydrogens (tertiary/aromatic N) is 4. The maximum Gasteiger partial charge on any atom is 0.258 e. The Hall–Kier alpha value is -4.17. The van der Waals surface area contributed by atoms with Gasteiger partial charge >= 0.3 is 0 Å². The number of carbonyl (C=O) groups excluding carboxylic acids is 1. The zero-order chi connectivity index (χ0) is 27.1. The Bertz CT molecular complexity index is 1490.